The number of likely N-dealkylation sites (N-methyl/N-ethyl adjacent to an activating group) is 1. The van der Waals surface area contributed by atoms with Crippen molar-refractivity contribution in [3.63, 3.8) is 0 Å². The number of hydrogen-bond acceptors (Lipinski definition) is 4. The van der Waals surface area contributed by atoms with Gasteiger partial charge in [-0.05, 0) is 60.4 Å². The third kappa shape index (κ3) is 3.76. The van der Waals surface area contributed by atoms with E-state index in [9.17, 15) is 9.59 Å². The van der Waals surface area contributed by atoms with Crippen molar-refractivity contribution in [3.8, 4) is 0 Å². The van der Waals surface area contributed by atoms with Gasteiger partial charge < -0.3 is 10.2 Å². The van der Waals surface area contributed by atoms with Crippen LogP contribution in [0.4, 0.5) is 5.82 Å². The molecule has 1 fully saturated rings. The zero-order chi connectivity index (χ0) is 16.4. The van der Waals surface area contributed by atoms with E-state index in [-0.39, 0.29) is 18.4 Å². The van der Waals surface area contributed by atoms with E-state index in [1.807, 2.05) is 24.4 Å². The largest absolute Gasteiger partial charge is 0.332 e. The molecule has 0 bridgehead atoms. The minimum atomic E-state index is -0.247. The number of amides is 2. The number of rotatable bonds is 5. The van der Waals surface area contributed by atoms with Gasteiger partial charge in [0, 0.05) is 13.2 Å². The minimum absolute atomic E-state index is 0.0104. The first-order valence-electron chi connectivity index (χ1n) is 7.60. The highest BCUT2D eigenvalue weighted by molar-refractivity contribution is 7.12. The molecule has 23 heavy (non-hydrogen) atoms. The molecule has 6 heteroatoms. The number of anilines is 1. The highest BCUT2D eigenvalue weighted by Gasteiger charge is 2.30. The van der Waals surface area contributed by atoms with Gasteiger partial charge in [-0.25, -0.2) is 4.98 Å². The molecule has 0 saturated heterocycles. The van der Waals surface area contributed by atoms with Crippen LogP contribution in [0.2, 0.25) is 0 Å². The topological polar surface area (TPSA) is 62.3 Å². The van der Waals surface area contributed by atoms with Gasteiger partial charge in [0.25, 0.3) is 5.91 Å². The number of aryl methyl sites for hydroxylation is 1. The van der Waals surface area contributed by atoms with Crippen LogP contribution >= 0.6 is 11.3 Å². The summed E-state index contributed by atoms with van der Waals surface area (Å²) in [5.41, 5.74) is 2.15. The van der Waals surface area contributed by atoms with Gasteiger partial charge in [0.15, 0.2) is 0 Å². The number of nitrogens with zero attached hydrogens (tertiary/aromatic N) is 2. The number of thiophene rings is 1. The third-order valence-electron chi connectivity index (χ3n) is 3.82. The van der Waals surface area contributed by atoms with Crippen LogP contribution in [0.5, 0.6) is 0 Å². The zero-order valence-electron chi connectivity index (χ0n) is 13.2. The molecule has 0 unspecified atom stereocenters. The molecule has 0 atom stereocenters. The maximum absolute atomic E-state index is 12.5. The molecule has 2 aromatic heterocycles. The number of carbonyl (C=O) groups is 2. The average molecular weight is 329 g/mol. The Morgan fingerprint density at radius 3 is 2.87 bits per heavy atom. The molecule has 0 spiro atoms. The van der Waals surface area contributed by atoms with E-state index in [2.05, 4.69) is 10.3 Å². The van der Waals surface area contributed by atoms with Gasteiger partial charge in [0.2, 0.25) is 5.91 Å². The lowest BCUT2D eigenvalue weighted by atomic mass is 10.1. The summed E-state index contributed by atoms with van der Waals surface area (Å²) in [6.07, 6.45) is 3.95. The van der Waals surface area contributed by atoms with Crippen molar-refractivity contribution >= 4 is 29.0 Å². The standard InChI is InChI=1S/C17H19N3O2S/c1-11-5-7-18-14(9-11)19-15(21)10-20(2)17(22)16-13(6-8-23-16)12-3-4-12/h5-9,12H,3-4,10H2,1-2H3,(H,18,19,21). The quantitative estimate of drug-likeness (QED) is 0.917. The molecular formula is C17H19N3O2S. The number of nitrogens with one attached hydrogen (secondary N) is 1. The first-order chi connectivity index (χ1) is 11.0. The lowest BCUT2D eigenvalue weighted by molar-refractivity contribution is -0.116. The highest BCUT2D eigenvalue weighted by Crippen LogP contribution is 2.43. The number of hydrogen-bond donors (Lipinski definition) is 1. The number of aromatic nitrogens is 1. The second kappa shape index (κ2) is 6.50. The number of pyridine rings is 1. The molecule has 0 aliphatic heterocycles. The summed E-state index contributed by atoms with van der Waals surface area (Å²) in [6.45, 7) is 1.94. The van der Waals surface area contributed by atoms with E-state index in [4.69, 9.17) is 0 Å². The van der Waals surface area contributed by atoms with Crippen LogP contribution in [0.25, 0.3) is 0 Å². The van der Waals surface area contributed by atoms with E-state index in [1.165, 1.54) is 16.2 Å². The Hall–Kier alpha value is -2.21. The molecule has 0 radical (unpaired) electrons. The minimum Gasteiger partial charge on any atom is -0.332 e. The molecule has 1 aliphatic rings. The molecular weight excluding hydrogens is 310 g/mol. The Morgan fingerprint density at radius 2 is 2.17 bits per heavy atom. The van der Waals surface area contributed by atoms with Crippen molar-refractivity contribution in [2.45, 2.75) is 25.7 Å². The van der Waals surface area contributed by atoms with E-state index in [0.717, 1.165) is 28.8 Å². The Morgan fingerprint density at radius 1 is 1.39 bits per heavy atom. The predicted octanol–water partition coefficient (Wildman–Crippen LogP) is 3.04. The lowest BCUT2D eigenvalue weighted by Gasteiger charge is -2.16. The lowest BCUT2D eigenvalue weighted by Crippen LogP contribution is -2.35. The molecule has 2 amide bonds. The van der Waals surface area contributed by atoms with Crippen molar-refractivity contribution < 1.29 is 9.59 Å². The van der Waals surface area contributed by atoms with Crippen LogP contribution in [0, 0.1) is 6.92 Å². The van der Waals surface area contributed by atoms with Crippen LogP contribution in [0.3, 0.4) is 0 Å². The summed E-state index contributed by atoms with van der Waals surface area (Å²) in [5.74, 6) is 0.697. The van der Waals surface area contributed by atoms with Gasteiger partial charge in [-0.3, -0.25) is 9.59 Å². The first kappa shape index (κ1) is 15.7. The summed E-state index contributed by atoms with van der Waals surface area (Å²) >= 11 is 1.45. The van der Waals surface area contributed by atoms with Gasteiger partial charge in [0.1, 0.15) is 5.82 Å². The van der Waals surface area contributed by atoms with Crippen molar-refractivity contribution in [1.29, 1.82) is 0 Å². The van der Waals surface area contributed by atoms with Crippen molar-refractivity contribution in [1.82, 2.24) is 9.88 Å². The fourth-order valence-corrected chi connectivity index (χ4v) is 3.43. The van der Waals surface area contributed by atoms with Crippen LogP contribution < -0.4 is 5.32 Å². The Labute approximate surface area is 139 Å². The molecule has 2 heterocycles. The maximum Gasteiger partial charge on any atom is 0.264 e. The van der Waals surface area contributed by atoms with E-state index < -0.39 is 0 Å². The normalized spacial score (nSPS) is 13.7. The highest BCUT2D eigenvalue weighted by atomic mass is 32.1. The second-order valence-electron chi connectivity index (χ2n) is 5.91. The van der Waals surface area contributed by atoms with Crippen LogP contribution in [0.15, 0.2) is 29.8 Å². The molecule has 120 valence electrons. The summed E-state index contributed by atoms with van der Waals surface area (Å²) in [4.78, 5) is 31.0. The van der Waals surface area contributed by atoms with Crippen molar-refractivity contribution in [3.05, 3.63) is 45.8 Å². The Balaban J connectivity index is 1.61. The predicted molar refractivity (Wildman–Crippen MR) is 90.9 cm³/mol. The van der Waals surface area contributed by atoms with Gasteiger partial charge in [-0.1, -0.05) is 0 Å². The van der Waals surface area contributed by atoms with Crippen LogP contribution in [0.1, 0.15) is 39.6 Å². The fourth-order valence-electron chi connectivity index (χ4n) is 2.46. The van der Waals surface area contributed by atoms with E-state index in [1.54, 1.807) is 19.3 Å². The molecule has 1 N–H and O–H groups in total. The Kier molecular flexibility index (Phi) is 4.43. The Bertz CT molecular complexity index is 737. The SMILES string of the molecule is Cc1ccnc(NC(=O)CN(C)C(=O)c2sccc2C2CC2)c1. The monoisotopic (exact) mass is 329 g/mol. The van der Waals surface area contributed by atoms with Crippen molar-refractivity contribution in [2.75, 3.05) is 18.9 Å². The summed E-state index contributed by atoms with van der Waals surface area (Å²) < 4.78 is 0. The second-order valence-corrected chi connectivity index (χ2v) is 6.82. The van der Waals surface area contributed by atoms with Crippen LogP contribution in [-0.2, 0) is 4.79 Å². The first-order valence-corrected chi connectivity index (χ1v) is 8.48. The summed E-state index contributed by atoms with van der Waals surface area (Å²) in [6, 6.07) is 5.69. The fraction of sp³-hybridized carbons (Fsp3) is 0.353. The molecule has 0 aromatic carbocycles. The van der Waals surface area contributed by atoms with Crippen LogP contribution in [-0.4, -0.2) is 35.3 Å². The summed E-state index contributed by atoms with van der Waals surface area (Å²) in [7, 11) is 1.65. The summed E-state index contributed by atoms with van der Waals surface area (Å²) in [5, 5.41) is 4.67. The maximum atomic E-state index is 12.5. The zero-order valence-corrected chi connectivity index (χ0v) is 14.0. The molecule has 5 nitrogen and oxygen atoms in total. The van der Waals surface area contributed by atoms with Gasteiger partial charge >= 0.3 is 0 Å². The average Bonchev–Trinajstić information content (AvgIpc) is 3.23. The van der Waals surface area contributed by atoms with E-state index in [0.29, 0.717) is 11.7 Å². The van der Waals surface area contributed by atoms with Gasteiger partial charge in [-0.2, -0.15) is 0 Å². The molecule has 2 aromatic rings. The molecule has 1 saturated carbocycles. The van der Waals surface area contributed by atoms with Gasteiger partial charge in [-0.15, -0.1) is 11.3 Å². The molecule has 3 rings (SSSR count). The smallest absolute Gasteiger partial charge is 0.264 e. The van der Waals surface area contributed by atoms with Crippen molar-refractivity contribution in [2.24, 2.45) is 0 Å². The van der Waals surface area contributed by atoms with Gasteiger partial charge in [0.05, 0.1) is 11.4 Å². The third-order valence-corrected chi connectivity index (χ3v) is 4.74. The molecule has 1 aliphatic carbocycles. The van der Waals surface area contributed by atoms with E-state index >= 15 is 0 Å². The number of carbonyl (C=O) groups excluding carboxylic acids is 2.